The van der Waals surface area contributed by atoms with Crippen molar-refractivity contribution >= 4 is 17.2 Å². The van der Waals surface area contributed by atoms with Crippen LogP contribution in [0, 0.1) is 18.3 Å². The summed E-state index contributed by atoms with van der Waals surface area (Å²) >= 11 is 0. The number of hydrogen-bond donors (Lipinski definition) is 2. The lowest BCUT2D eigenvalue weighted by Crippen LogP contribution is -2.28. The molecule has 0 bridgehead atoms. The maximum Gasteiger partial charge on any atom is 0.490 e. The van der Waals surface area contributed by atoms with E-state index in [0.29, 0.717) is 5.56 Å². The summed E-state index contributed by atoms with van der Waals surface area (Å²) in [7, 11) is 0. The molecule has 3 aromatic rings. The van der Waals surface area contributed by atoms with Crippen LogP contribution in [-0.4, -0.2) is 56.8 Å². The number of hydrogen-bond acceptors (Lipinski definition) is 6. The summed E-state index contributed by atoms with van der Waals surface area (Å²) in [5.74, 6) is -2.76. The monoisotopic (exact) mass is 538 g/mol. The Morgan fingerprint density at radius 3 is 2.64 bits per heavy atom. The quantitative estimate of drug-likeness (QED) is 0.457. The number of aliphatic carboxylic acids is 1. The van der Waals surface area contributed by atoms with Crippen LogP contribution < -0.4 is 5.32 Å². The van der Waals surface area contributed by atoms with E-state index in [4.69, 9.17) is 9.90 Å². The molecule has 0 radical (unpaired) electrons. The van der Waals surface area contributed by atoms with Crippen LogP contribution in [0.3, 0.4) is 0 Å². The van der Waals surface area contributed by atoms with Crippen molar-refractivity contribution in [2.45, 2.75) is 45.5 Å². The lowest BCUT2D eigenvalue weighted by molar-refractivity contribution is -0.192. The van der Waals surface area contributed by atoms with Crippen LogP contribution >= 0.6 is 0 Å². The van der Waals surface area contributed by atoms with Crippen LogP contribution in [0.2, 0.25) is 0 Å². The van der Waals surface area contributed by atoms with E-state index < -0.39 is 12.1 Å². The van der Waals surface area contributed by atoms with Crippen molar-refractivity contribution < 1.29 is 23.1 Å². The van der Waals surface area contributed by atoms with Gasteiger partial charge in [0.2, 0.25) is 0 Å². The van der Waals surface area contributed by atoms with E-state index in [0.717, 1.165) is 56.1 Å². The fourth-order valence-electron chi connectivity index (χ4n) is 4.85. The molecule has 11 heteroatoms. The Hall–Kier alpha value is -4.17. The van der Waals surface area contributed by atoms with Gasteiger partial charge in [-0.1, -0.05) is 36.4 Å². The normalized spacial score (nSPS) is 16.9. The van der Waals surface area contributed by atoms with Crippen LogP contribution in [-0.2, 0) is 11.3 Å². The molecule has 0 aliphatic carbocycles. The van der Waals surface area contributed by atoms with E-state index in [9.17, 15) is 18.4 Å². The highest BCUT2D eigenvalue weighted by Gasteiger charge is 2.38. The maximum absolute atomic E-state index is 10.6. The van der Waals surface area contributed by atoms with Gasteiger partial charge in [-0.15, -0.1) is 5.10 Å². The highest BCUT2D eigenvalue weighted by molar-refractivity contribution is 5.75. The van der Waals surface area contributed by atoms with E-state index in [2.05, 4.69) is 57.8 Å². The van der Waals surface area contributed by atoms with Crippen molar-refractivity contribution in [3.05, 3.63) is 70.9 Å². The standard InChI is InChI=1S/C26H28N6.C2HF3O2/c1-3-31-12-9-20(10-13-31)21-7-8-23-24(16-21)25(11-14-32-26(23)18(2)29-30-32)28-22-6-4-5-19(15-22)17-27;3-2(4,5)1(6)7/h4-9,15-16,25,28H,3,10-14H2,1-2H3;(H,6,7). The molecule has 2 aliphatic heterocycles. The first-order valence-electron chi connectivity index (χ1n) is 12.6. The number of fused-ring (bicyclic) bond motifs is 3. The number of aromatic nitrogens is 3. The first-order chi connectivity index (χ1) is 18.6. The molecule has 2 aromatic carbocycles. The lowest BCUT2D eigenvalue weighted by atomic mass is 9.90. The fourth-order valence-corrected chi connectivity index (χ4v) is 4.85. The van der Waals surface area contributed by atoms with Gasteiger partial charge in [-0.05, 0) is 67.3 Å². The molecule has 0 fully saturated rings. The van der Waals surface area contributed by atoms with Crippen LogP contribution in [0.1, 0.15) is 48.2 Å². The second-order valence-corrected chi connectivity index (χ2v) is 9.40. The summed E-state index contributed by atoms with van der Waals surface area (Å²) in [6.45, 7) is 8.27. The summed E-state index contributed by atoms with van der Waals surface area (Å²) in [5.41, 5.74) is 8.89. The van der Waals surface area contributed by atoms with Gasteiger partial charge in [0.1, 0.15) is 0 Å². The molecule has 2 N–H and O–H groups in total. The summed E-state index contributed by atoms with van der Waals surface area (Å²) in [6, 6.07) is 16.9. The molecule has 3 heterocycles. The van der Waals surface area contributed by atoms with Gasteiger partial charge in [-0.25, -0.2) is 9.48 Å². The molecule has 1 aromatic heterocycles. The van der Waals surface area contributed by atoms with Gasteiger partial charge >= 0.3 is 12.1 Å². The van der Waals surface area contributed by atoms with E-state index in [-0.39, 0.29) is 6.04 Å². The molecule has 5 rings (SSSR count). The van der Waals surface area contributed by atoms with Gasteiger partial charge in [0, 0.05) is 30.9 Å². The van der Waals surface area contributed by atoms with Crippen LogP contribution in [0.25, 0.3) is 16.8 Å². The molecule has 1 atom stereocenters. The Bertz CT molecular complexity index is 1420. The van der Waals surface area contributed by atoms with Gasteiger partial charge in [0.15, 0.2) is 0 Å². The molecule has 0 spiro atoms. The number of carboxylic acids is 1. The number of likely N-dealkylation sites (N-methyl/N-ethyl adjacent to an activating group) is 1. The molecule has 204 valence electrons. The Morgan fingerprint density at radius 2 is 2.00 bits per heavy atom. The highest BCUT2D eigenvalue weighted by atomic mass is 19.4. The summed E-state index contributed by atoms with van der Waals surface area (Å²) in [4.78, 5) is 11.4. The number of alkyl halides is 3. The van der Waals surface area contributed by atoms with Crippen molar-refractivity contribution in [2.75, 3.05) is 25.0 Å². The number of nitrogens with one attached hydrogen (secondary N) is 1. The molecule has 2 aliphatic rings. The van der Waals surface area contributed by atoms with Gasteiger partial charge < -0.3 is 10.4 Å². The summed E-state index contributed by atoms with van der Waals surface area (Å²) in [6.07, 6.45) is -0.736. The molecular weight excluding hydrogens is 509 g/mol. The fraction of sp³-hybridized carbons (Fsp3) is 0.357. The van der Waals surface area contributed by atoms with E-state index in [1.54, 1.807) is 0 Å². The largest absolute Gasteiger partial charge is 0.490 e. The number of nitriles is 1. The number of nitrogens with zero attached hydrogens (tertiary/aromatic N) is 5. The van der Waals surface area contributed by atoms with Crippen LogP contribution in [0.4, 0.5) is 18.9 Å². The van der Waals surface area contributed by atoms with E-state index in [1.165, 1.54) is 22.3 Å². The minimum atomic E-state index is -5.08. The van der Waals surface area contributed by atoms with Crippen molar-refractivity contribution in [3.8, 4) is 17.3 Å². The zero-order valence-electron chi connectivity index (χ0n) is 21.7. The van der Waals surface area contributed by atoms with E-state index >= 15 is 0 Å². The van der Waals surface area contributed by atoms with E-state index in [1.807, 2.05) is 35.9 Å². The number of halogens is 3. The average molecular weight is 539 g/mol. The Labute approximate surface area is 224 Å². The highest BCUT2D eigenvalue weighted by Crippen LogP contribution is 2.39. The molecule has 0 saturated carbocycles. The first kappa shape index (κ1) is 27.9. The van der Waals surface area contributed by atoms with Crippen molar-refractivity contribution in [1.29, 1.82) is 5.26 Å². The molecule has 39 heavy (non-hydrogen) atoms. The number of aryl methyl sites for hydroxylation is 2. The molecule has 0 saturated heterocycles. The SMILES string of the molecule is CCN1CC=C(c2ccc3c(c2)C(Nc2cccc(C#N)c2)CCn2nnc(C)c2-3)CC1.O=C(O)C(F)(F)F. The Kier molecular flexibility index (Phi) is 8.35. The second kappa shape index (κ2) is 11.7. The average Bonchev–Trinajstić information content (AvgIpc) is 3.22. The van der Waals surface area contributed by atoms with Crippen LogP contribution in [0.5, 0.6) is 0 Å². The maximum atomic E-state index is 10.6. The smallest absolute Gasteiger partial charge is 0.475 e. The predicted octanol–water partition coefficient (Wildman–Crippen LogP) is 5.42. The minimum absolute atomic E-state index is 0.122. The van der Waals surface area contributed by atoms with Gasteiger partial charge in [0.05, 0.1) is 29.1 Å². The Morgan fingerprint density at radius 1 is 1.23 bits per heavy atom. The first-order valence-corrected chi connectivity index (χ1v) is 12.6. The van der Waals surface area contributed by atoms with Gasteiger partial charge in [0.25, 0.3) is 0 Å². The zero-order chi connectivity index (χ0) is 28.2. The third-order valence-electron chi connectivity index (χ3n) is 6.90. The minimum Gasteiger partial charge on any atom is -0.475 e. The lowest BCUT2D eigenvalue weighted by Gasteiger charge is -2.26. The topological polar surface area (TPSA) is 107 Å². The number of rotatable bonds is 4. The van der Waals surface area contributed by atoms with Crippen molar-refractivity contribution in [3.63, 3.8) is 0 Å². The molecule has 0 amide bonds. The Balaban J connectivity index is 0.000000448. The zero-order valence-corrected chi connectivity index (χ0v) is 21.7. The van der Waals surface area contributed by atoms with Crippen molar-refractivity contribution in [2.24, 2.45) is 0 Å². The molecule has 1 unspecified atom stereocenters. The summed E-state index contributed by atoms with van der Waals surface area (Å²) in [5, 5.41) is 28.9. The molecule has 8 nitrogen and oxygen atoms in total. The number of anilines is 1. The second-order valence-electron chi connectivity index (χ2n) is 9.40. The van der Waals surface area contributed by atoms with Gasteiger partial charge in [-0.3, -0.25) is 4.90 Å². The third-order valence-corrected chi connectivity index (χ3v) is 6.90. The predicted molar refractivity (Wildman–Crippen MR) is 141 cm³/mol. The van der Waals surface area contributed by atoms with Crippen LogP contribution in [0.15, 0.2) is 48.5 Å². The summed E-state index contributed by atoms with van der Waals surface area (Å²) < 4.78 is 33.8. The number of benzene rings is 2. The molecular formula is C28H29F3N6O2. The van der Waals surface area contributed by atoms with Crippen molar-refractivity contribution in [1.82, 2.24) is 19.9 Å². The number of carboxylic acid groups (broad SMARTS) is 1. The third kappa shape index (κ3) is 6.46. The van der Waals surface area contributed by atoms with Gasteiger partial charge in [-0.2, -0.15) is 18.4 Å². The number of carbonyl (C=O) groups is 1.